The van der Waals surface area contributed by atoms with Crippen LogP contribution in [0.5, 0.6) is 0 Å². The van der Waals surface area contributed by atoms with Crippen LogP contribution in [0, 0.1) is 5.82 Å². The lowest BCUT2D eigenvalue weighted by Crippen LogP contribution is -2.45. The van der Waals surface area contributed by atoms with Gasteiger partial charge in [0.15, 0.2) is 0 Å². The lowest BCUT2D eigenvalue weighted by Gasteiger charge is -2.24. The Hall–Kier alpha value is -1.21. The third-order valence-corrected chi connectivity index (χ3v) is 5.23. The molecule has 2 unspecified atom stereocenters. The Morgan fingerprint density at radius 3 is 2.85 bits per heavy atom. The summed E-state index contributed by atoms with van der Waals surface area (Å²) in [5.74, 6) is -1.21. The van der Waals surface area contributed by atoms with Gasteiger partial charge in [0.25, 0.3) is 0 Å². The fourth-order valence-corrected chi connectivity index (χ4v) is 3.98. The van der Waals surface area contributed by atoms with Crippen molar-refractivity contribution in [2.45, 2.75) is 23.2 Å². The molecule has 0 radical (unpaired) electrons. The summed E-state index contributed by atoms with van der Waals surface area (Å²) >= 11 is 2.53. The van der Waals surface area contributed by atoms with Crippen molar-refractivity contribution >= 4 is 35.4 Å². The van der Waals surface area contributed by atoms with Crippen molar-refractivity contribution in [1.82, 2.24) is 4.90 Å². The summed E-state index contributed by atoms with van der Waals surface area (Å²) in [5.41, 5.74) is 0. The topological polar surface area (TPSA) is 57.6 Å². The van der Waals surface area contributed by atoms with Gasteiger partial charge in [0.1, 0.15) is 11.9 Å². The van der Waals surface area contributed by atoms with E-state index in [0.29, 0.717) is 10.6 Å². The van der Waals surface area contributed by atoms with E-state index in [1.54, 1.807) is 25.1 Å². The predicted octanol–water partition coefficient (Wildman–Crippen LogP) is 2.29. The maximum Gasteiger partial charge on any atom is 0.327 e. The van der Waals surface area contributed by atoms with Gasteiger partial charge in [-0.2, -0.15) is 0 Å². The highest BCUT2D eigenvalue weighted by molar-refractivity contribution is 8.00. The molecule has 2 rings (SSSR count). The third-order valence-electron chi connectivity index (χ3n) is 2.98. The van der Waals surface area contributed by atoms with E-state index >= 15 is 0 Å². The van der Waals surface area contributed by atoms with E-state index in [1.165, 1.54) is 22.7 Å². The van der Waals surface area contributed by atoms with Gasteiger partial charge in [-0.3, -0.25) is 4.79 Å². The molecule has 20 heavy (non-hydrogen) atoms. The number of halogens is 1. The zero-order valence-electron chi connectivity index (χ0n) is 10.8. The summed E-state index contributed by atoms with van der Waals surface area (Å²) in [5, 5.41) is 8.94. The predicted molar refractivity (Wildman–Crippen MR) is 77.3 cm³/mol. The molecule has 2 atom stereocenters. The molecule has 1 N–H and O–H groups in total. The summed E-state index contributed by atoms with van der Waals surface area (Å²) < 4.78 is 13.5. The Morgan fingerprint density at radius 1 is 1.50 bits per heavy atom. The highest BCUT2D eigenvalue weighted by atomic mass is 32.2. The van der Waals surface area contributed by atoms with E-state index in [0.717, 1.165) is 11.8 Å². The van der Waals surface area contributed by atoms with Gasteiger partial charge < -0.3 is 10.0 Å². The van der Waals surface area contributed by atoms with E-state index in [2.05, 4.69) is 0 Å². The number of aliphatic carboxylic acids is 1. The molecule has 4 nitrogen and oxygen atoms in total. The molecule has 108 valence electrons. The Kier molecular flexibility index (Phi) is 4.93. The monoisotopic (exact) mass is 315 g/mol. The van der Waals surface area contributed by atoms with Crippen molar-refractivity contribution < 1.29 is 19.1 Å². The van der Waals surface area contributed by atoms with E-state index in [-0.39, 0.29) is 22.9 Å². The van der Waals surface area contributed by atoms with Gasteiger partial charge in [-0.15, -0.1) is 23.5 Å². The number of thioether (sulfide) groups is 2. The molecule has 0 aromatic heterocycles. The van der Waals surface area contributed by atoms with Gasteiger partial charge in [0.05, 0.1) is 11.1 Å². The summed E-state index contributed by atoms with van der Waals surface area (Å²) in [6, 6.07) is 5.43. The van der Waals surface area contributed by atoms with Crippen LogP contribution < -0.4 is 0 Å². The fourth-order valence-electron chi connectivity index (χ4n) is 1.99. The van der Waals surface area contributed by atoms with Crippen molar-refractivity contribution in [3.8, 4) is 0 Å². The minimum absolute atomic E-state index is 0.0373. The number of carbonyl (C=O) groups excluding carboxylic acids is 1. The number of carboxylic acid groups (broad SMARTS) is 1. The number of carboxylic acids is 1. The number of carbonyl (C=O) groups is 2. The van der Waals surface area contributed by atoms with Crippen LogP contribution >= 0.6 is 23.5 Å². The van der Waals surface area contributed by atoms with Gasteiger partial charge in [0.2, 0.25) is 5.91 Å². The van der Waals surface area contributed by atoms with Gasteiger partial charge in [-0.25, -0.2) is 9.18 Å². The number of nitrogens with zero attached hydrogens (tertiary/aromatic N) is 1. The second kappa shape index (κ2) is 6.49. The second-order valence-corrected chi connectivity index (χ2v) is 6.67. The van der Waals surface area contributed by atoms with Crippen molar-refractivity contribution in [2.75, 3.05) is 11.5 Å². The summed E-state index contributed by atoms with van der Waals surface area (Å²) in [7, 11) is 0. The van der Waals surface area contributed by atoms with Crippen LogP contribution in [-0.4, -0.2) is 44.8 Å². The average molecular weight is 315 g/mol. The highest BCUT2D eigenvalue weighted by Gasteiger charge is 2.39. The molecule has 1 aromatic carbocycles. The van der Waals surface area contributed by atoms with Crippen molar-refractivity contribution in [3.63, 3.8) is 0 Å². The molecule has 0 spiro atoms. The number of hydrogen-bond donors (Lipinski definition) is 1. The molecule has 7 heteroatoms. The van der Waals surface area contributed by atoms with Crippen LogP contribution in [0.2, 0.25) is 0 Å². The van der Waals surface area contributed by atoms with Crippen molar-refractivity contribution in [2.24, 2.45) is 0 Å². The van der Waals surface area contributed by atoms with Gasteiger partial charge in [0, 0.05) is 10.6 Å². The van der Waals surface area contributed by atoms with E-state index < -0.39 is 12.0 Å². The van der Waals surface area contributed by atoms with Crippen LogP contribution in [0.3, 0.4) is 0 Å². The third kappa shape index (κ3) is 3.27. The summed E-state index contributed by atoms with van der Waals surface area (Å²) in [4.78, 5) is 25.0. The minimum atomic E-state index is -0.994. The van der Waals surface area contributed by atoms with E-state index in [4.69, 9.17) is 5.11 Å². The Morgan fingerprint density at radius 2 is 2.20 bits per heavy atom. The van der Waals surface area contributed by atoms with Crippen LogP contribution in [-0.2, 0) is 9.59 Å². The number of rotatable bonds is 4. The molecule has 0 saturated carbocycles. The van der Waals surface area contributed by atoms with E-state index in [9.17, 15) is 14.0 Å². The van der Waals surface area contributed by atoms with Crippen LogP contribution in [0.25, 0.3) is 0 Å². The Labute approximate surface area is 124 Å². The van der Waals surface area contributed by atoms with Gasteiger partial charge in [-0.05, 0) is 19.1 Å². The highest BCUT2D eigenvalue weighted by Crippen LogP contribution is 2.30. The van der Waals surface area contributed by atoms with Crippen molar-refractivity contribution in [1.29, 1.82) is 0 Å². The standard InChI is InChI=1S/C13H14FNO3S2/c1-8-15(10(6-19-8)13(17)18)12(16)7-20-11-5-3-2-4-9(11)14/h2-5,8,10H,6-7H2,1H3,(H,17,18). The lowest BCUT2D eigenvalue weighted by molar-refractivity contribution is -0.147. The number of benzene rings is 1. The average Bonchev–Trinajstić information content (AvgIpc) is 2.79. The quantitative estimate of drug-likeness (QED) is 0.864. The molecule has 0 bridgehead atoms. The number of amides is 1. The first-order valence-corrected chi connectivity index (χ1v) is 8.07. The summed E-state index contributed by atoms with van der Waals surface area (Å²) in [6.07, 6.45) is 0. The molecule has 1 fully saturated rings. The molecule has 1 aliphatic heterocycles. The first kappa shape index (κ1) is 15.2. The smallest absolute Gasteiger partial charge is 0.327 e. The second-order valence-electron chi connectivity index (χ2n) is 4.31. The largest absolute Gasteiger partial charge is 0.480 e. The normalized spacial score (nSPS) is 22.0. The molecule has 1 saturated heterocycles. The van der Waals surface area contributed by atoms with Crippen molar-refractivity contribution in [3.05, 3.63) is 30.1 Å². The molecule has 1 amide bonds. The van der Waals surface area contributed by atoms with Crippen LogP contribution in [0.1, 0.15) is 6.92 Å². The Bertz CT molecular complexity index is 526. The maximum absolute atomic E-state index is 13.5. The molecule has 0 aliphatic carbocycles. The van der Waals surface area contributed by atoms with Crippen LogP contribution in [0.15, 0.2) is 29.2 Å². The molecular formula is C13H14FNO3S2. The van der Waals surface area contributed by atoms with Crippen LogP contribution in [0.4, 0.5) is 4.39 Å². The maximum atomic E-state index is 13.5. The first-order chi connectivity index (χ1) is 9.50. The fraction of sp³-hybridized carbons (Fsp3) is 0.385. The minimum Gasteiger partial charge on any atom is -0.480 e. The number of hydrogen-bond acceptors (Lipinski definition) is 4. The molecule has 1 aliphatic rings. The van der Waals surface area contributed by atoms with E-state index in [1.807, 2.05) is 0 Å². The molecule has 1 aromatic rings. The summed E-state index contributed by atoms with van der Waals surface area (Å²) in [6.45, 7) is 1.80. The Balaban J connectivity index is 2.01. The molecular weight excluding hydrogens is 301 g/mol. The lowest BCUT2D eigenvalue weighted by atomic mass is 10.3. The van der Waals surface area contributed by atoms with Gasteiger partial charge >= 0.3 is 5.97 Å². The SMILES string of the molecule is CC1SCC(C(=O)O)N1C(=O)CSc1ccccc1F. The van der Waals surface area contributed by atoms with Gasteiger partial charge in [-0.1, -0.05) is 12.1 Å². The zero-order chi connectivity index (χ0) is 14.7. The first-order valence-electron chi connectivity index (χ1n) is 6.03. The molecule has 1 heterocycles. The zero-order valence-corrected chi connectivity index (χ0v) is 12.4.